The number of ether oxygens (including phenoxy) is 1. The quantitative estimate of drug-likeness (QED) is 0.627. The van der Waals surface area contributed by atoms with E-state index in [-0.39, 0.29) is 12.5 Å². The molecular formula is C5H10NO4S-. The predicted molar refractivity (Wildman–Crippen MR) is 38.2 cm³/mol. The Hall–Kier alpha value is -0.620. The average molecular weight is 180 g/mol. The monoisotopic (exact) mass is 180 g/mol. The molecule has 0 aliphatic rings. The van der Waals surface area contributed by atoms with Crippen molar-refractivity contribution in [1.82, 2.24) is 4.72 Å². The summed E-state index contributed by atoms with van der Waals surface area (Å²) in [5.41, 5.74) is 0. The van der Waals surface area contributed by atoms with E-state index in [1.807, 2.05) is 13.8 Å². The fourth-order valence-electron chi connectivity index (χ4n) is 0.340. The molecule has 0 fully saturated rings. The first kappa shape index (κ1) is 10.4. The molecule has 0 saturated heterocycles. The number of hydrogen-bond acceptors (Lipinski definition) is 4. The van der Waals surface area contributed by atoms with Crippen LogP contribution in [0.5, 0.6) is 0 Å². The van der Waals surface area contributed by atoms with Crippen molar-refractivity contribution in [2.45, 2.75) is 13.8 Å². The highest BCUT2D eigenvalue weighted by Gasteiger charge is 2.01. The van der Waals surface area contributed by atoms with Gasteiger partial charge in [0.05, 0.1) is 6.61 Å². The van der Waals surface area contributed by atoms with Gasteiger partial charge in [0.25, 0.3) is 0 Å². The molecule has 5 nitrogen and oxygen atoms in total. The Kier molecular flexibility index (Phi) is 4.80. The molecule has 0 spiro atoms. The van der Waals surface area contributed by atoms with Gasteiger partial charge in [0.15, 0.2) is 0 Å². The summed E-state index contributed by atoms with van der Waals surface area (Å²) in [6.45, 7) is 3.91. The Morgan fingerprint density at radius 1 is 1.73 bits per heavy atom. The Morgan fingerprint density at radius 3 is 2.64 bits per heavy atom. The standard InChI is InChI=1S/C5H11NO4S/c1-4(2)3-10-5(7)6-11(8)9/h4H,3H2,1-2H3,(H,6,7)(H,8,9)/p-1. The van der Waals surface area contributed by atoms with E-state index in [0.717, 1.165) is 0 Å². The molecule has 1 atom stereocenters. The first-order valence-corrected chi connectivity index (χ1v) is 4.12. The summed E-state index contributed by atoms with van der Waals surface area (Å²) in [5, 5.41) is 0. The predicted octanol–water partition coefficient (Wildman–Crippen LogP) is 0.163. The molecule has 0 saturated carbocycles. The lowest BCUT2D eigenvalue weighted by Gasteiger charge is -2.09. The number of carbonyl (C=O) groups is 1. The Balaban J connectivity index is 3.46. The van der Waals surface area contributed by atoms with Crippen LogP contribution in [0, 0.1) is 5.92 Å². The molecule has 0 bridgehead atoms. The maximum atomic E-state index is 10.4. The zero-order valence-corrected chi connectivity index (χ0v) is 7.14. The van der Waals surface area contributed by atoms with Gasteiger partial charge >= 0.3 is 6.09 Å². The van der Waals surface area contributed by atoms with Crippen LogP contribution in [0.25, 0.3) is 0 Å². The van der Waals surface area contributed by atoms with Gasteiger partial charge in [0, 0.05) is 11.3 Å². The molecule has 0 aromatic carbocycles. The van der Waals surface area contributed by atoms with Crippen molar-refractivity contribution in [2.24, 2.45) is 5.92 Å². The topological polar surface area (TPSA) is 78.5 Å². The summed E-state index contributed by atoms with van der Waals surface area (Å²) in [5.74, 6) is 0.195. The van der Waals surface area contributed by atoms with E-state index in [9.17, 15) is 13.6 Å². The first-order valence-electron chi connectivity index (χ1n) is 3.05. The van der Waals surface area contributed by atoms with Crippen molar-refractivity contribution in [1.29, 1.82) is 0 Å². The van der Waals surface area contributed by atoms with Crippen LogP contribution in [0.1, 0.15) is 13.8 Å². The van der Waals surface area contributed by atoms with Crippen LogP contribution < -0.4 is 4.72 Å². The van der Waals surface area contributed by atoms with Crippen LogP contribution in [-0.2, 0) is 16.0 Å². The lowest BCUT2D eigenvalue weighted by atomic mass is 10.2. The summed E-state index contributed by atoms with van der Waals surface area (Å²) in [6.07, 6.45) is -0.938. The smallest absolute Gasteiger partial charge is 0.418 e. The van der Waals surface area contributed by atoms with Crippen molar-refractivity contribution >= 4 is 17.4 Å². The molecule has 0 aliphatic carbocycles. The maximum absolute atomic E-state index is 10.4. The molecule has 11 heavy (non-hydrogen) atoms. The third-order valence-corrected chi connectivity index (χ3v) is 1.05. The van der Waals surface area contributed by atoms with Gasteiger partial charge in [-0.2, -0.15) is 0 Å². The fourth-order valence-corrected chi connectivity index (χ4v) is 0.535. The Bertz CT molecular complexity index is 159. The van der Waals surface area contributed by atoms with Crippen LogP contribution >= 0.6 is 0 Å². The zero-order valence-electron chi connectivity index (χ0n) is 6.33. The van der Waals surface area contributed by atoms with Crippen LogP contribution in [-0.4, -0.2) is 21.5 Å². The van der Waals surface area contributed by atoms with E-state index in [1.165, 1.54) is 0 Å². The summed E-state index contributed by atoms with van der Waals surface area (Å²) in [6, 6.07) is 0. The lowest BCUT2D eigenvalue weighted by Crippen LogP contribution is -2.27. The molecule has 0 rings (SSSR count). The molecule has 0 aromatic heterocycles. The lowest BCUT2D eigenvalue weighted by molar-refractivity contribution is 0.139. The van der Waals surface area contributed by atoms with Crippen molar-refractivity contribution in [3.63, 3.8) is 0 Å². The van der Waals surface area contributed by atoms with Crippen LogP contribution in [0.2, 0.25) is 0 Å². The summed E-state index contributed by atoms with van der Waals surface area (Å²) in [7, 11) is 0. The first-order chi connectivity index (χ1) is 5.02. The van der Waals surface area contributed by atoms with Crippen LogP contribution in [0.3, 0.4) is 0 Å². The summed E-state index contributed by atoms with van der Waals surface area (Å²) >= 11 is -2.58. The normalized spacial score (nSPS) is 12.7. The molecule has 66 valence electrons. The fraction of sp³-hybridized carbons (Fsp3) is 0.800. The number of nitrogens with one attached hydrogen (secondary N) is 1. The van der Waals surface area contributed by atoms with Crippen LogP contribution in [0.15, 0.2) is 0 Å². The molecule has 0 radical (unpaired) electrons. The number of amides is 1. The van der Waals surface area contributed by atoms with E-state index >= 15 is 0 Å². The average Bonchev–Trinajstić information content (AvgIpc) is 1.82. The highest BCUT2D eigenvalue weighted by atomic mass is 32.2. The van der Waals surface area contributed by atoms with Gasteiger partial charge in [-0.1, -0.05) is 13.8 Å². The molecule has 0 heterocycles. The Labute approximate surface area is 67.5 Å². The second-order valence-corrected chi connectivity index (χ2v) is 3.00. The van der Waals surface area contributed by atoms with E-state index in [1.54, 1.807) is 4.72 Å². The molecule has 1 amide bonds. The molecular weight excluding hydrogens is 170 g/mol. The van der Waals surface area contributed by atoms with E-state index in [0.29, 0.717) is 0 Å². The summed E-state index contributed by atoms with van der Waals surface area (Å²) < 4.78 is 25.7. The van der Waals surface area contributed by atoms with Crippen molar-refractivity contribution in [3.8, 4) is 0 Å². The van der Waals surface area contributed by atoms with Gasteiger partial charge in [-0.05, 0) is 5.92 Å². The SMILES string of the molecule is CC(C)COC(=O)NS(=O)[O-]. The second-order valence-electron chi connectivity index (χ2n) is 2.33. The molecule has 0 aliphatic heterocycles. The minimum atomic E-state index is -2.58. The van der Waals surface area contributed by atoms with Gasteiger partial charge in [-0.15, -0.1) is 0 Å². The Morgan fingerprint density at radius 2 is 2.27 bits per heavy atom. The molecule has 1 N–H and O–H groups in total. The number of hydrogen-bond donors (Lipinski definition) is 1. The van der Waals surface area contributed by atoms with E-state index in [4.69, 9.17) is 0 Å². The molecule has 6 heteroatoms. The van der Waals surface area contributed by atoms with Crippen molar-refractivity contribution in [3.05, 3.63) is 0 Å². The second kappa shape index (κ2) is 5.09. The minimum Gasteiger partial charge on any atom is -0.755 e. The van der Waals surface area contributed by atoms with Gasteiger partial charge < -0.3 is 9.29 Å². The number of rotatable bonds is 3. The number of carbonyl (C=O) groups excluding carboxylic acids is 1. The van der Waals surface area contributed by atoms with E-state index in [2.05, 4.69) is 4.74 Å². The molecule has 1 unspecified atom stereocenters. The van der Waals surface area contributed by atoms with Gasteiger partial charge in [0.1, 0.15) is 0 Å². The maximum Gasteiger partial charge on any atom is 0.418 e. The largest absolute Gasteiger partial charge is 0.755 e. The third kappa shape index (κ3) is 7.27. The van der Waals surface area contributed by atoms with Gasteiger partial charge in [-0.25, -0.2) is 4.79 Å². The van der Waals surface area contributed by atoms with E-state index < -0.39 is 17.4 Å². The zero-order chi connectivity index (χ0) is 8.85. The van der Waals surface area contributed by atoms with Gasteiger partial charge in [-0.3, -0.25) is 8.93 Å². The molecule has 0 aromatic rings. The minimum absolute atomic E-state index is 0.195. The van der Waals surface area contributed by atoms with Gasteiger partial charge in [0.2, 0.25) is 0 Å². The third-order valence-electron chi connectivity index (χ3n) is 0.714. The highest BCUT2D eigenvalue weighted by Crippen LogP contribution is 1.92. The highest BCUT2D eigenvalue weighted by molar-refractivity contribution is 7.77. The van der Waals surface area contributed by atoms with Crippen LogP contribution in [0.4, 0.5) is 4.79 Å². The van der Waals surface area contributed by atoms with Crippen molar-refractivity contribution in [2.75, 3.05) is 6.61 Å². The summed E-state index contributed by atoms with van der Waals surface area (Å²) in [4.78, 5) is 10.4. The van der Waals surface area contributed by atoms with Crippen molar-refractivity contribution < 1.29 is 18.3 Å².